The number of hydrogen-bond donors (Lipinski definition) is 2. The fraction of sp³-hybridized carbons (Fsp3) is 0.0667. The van der Waals surface area contributed by atoms with Crippen molar-refractivity contribution in [3.05, 3.63) is 52.8 Å². The van der Waals surface area contributed by atoms with E-state index in [4.69, 9.17) is 21.1 Å². The first-order valence-electron chi connectivity index (χ1n) is 6.35. The summed E-state index contributed by atoms with van der Waals surface area (Å²) in [5.41, 5.74) is 1.51. The number of aliphatic carboxylic acids is 1. The van der Waals surface area contributed by atoms with Gasteiger partial charge in [0.2, 0.25) is 0 Å². The summed E-state index contributed by atoms with van der Waals surface area (Å²) in [5, 5.41) is 11.7. The molecule has 1 aromatic heterocycles. The fourth-order valence-electron chi connectivity index (χ4n) is 2.02. The molecule has 0 atom stereocenters. The van der Waals surface area contributed by atoms with Crippen molar-refractivity contribution in [2.24, 2.45) is 0 Å². The zero-order valence-electron chi connectivity index (χ0n) is 11.1. The number of para-hydroxylation sites is 2. The van der Waals surface area contributed by atoms with Crippen LogP contribution in [0.15, 0.2) is 40.8 Å². The minimum absolute atomic E-state index is 0.0145. The molecule has 0 aliphatic carbocycles. The number of aromatic nitrogens is 1. The van der Waals surface area contributed by atoms with Gasteiger partial charge < -0.3 is 14.8 Å². The van der Waals surface area contributed by atoms with Gasteiger partial charge in [0.05, 0.1) is 17.1 Å². The average molecular weight is 321 g/mol. The lowest BCUT2D eigenvalue weighted by Gasteiger charge is -2.07. The molecule has 7 heteroatoms. The lowest BCUT2D eigenvalue weighted by molar-refractivity contribution is -0.136. The van der Waals surface area contributed by atoms with Gasteiger partial charge in [-0.1, -0.05) is 23.7 Å². The first-order chi connectivity index (χ1) is 10.5. The van der Waals surface area contributed by atoms with Crippen LogP contribution in [0.25, 0.3) is 11.1 Å². The summed E-state index contributed by atoms with van der Waals surface area (Å²) < 4.78 is 19.3. The molecule has 0 amide bonds. The highest BCUT2D eigenvalue weighted by molar-refractivity contribution is 6.33. The number of anilines is 2. The number of hydrogen-bond acceptors (Lipinski definition) is 4. The van der Waals surface area contributed by atoms with Crippen LogP contribution in [0.1, 0.15) is 5.56 Å². The van der Waals surface area contributed by atoms with Crippen LogP contribution in [0, 0.1) is 5.82 Å². The summed E-state index contributed by atoms with van der Waals surface area (Å²) >= 11 is 6.04. The van der Waals surface area contributed by atoms with Crippen LogP contribution in [0.3, 0.4) is 0 Å². The molecule has 0 aliphatic rings. The lowest BCUT2D eigenvalue weighted by Crippen LogP contribution is -2.03. The van der Waals surface area contributed by atoms with E-state index < -0.39 is 18.2 Å². The average Bonchev–Trinajstić information content (AvgIpc) is 2.86. The van der Waals surface area contributed by atoms with Crippen molar-refractivity contribution >= 4 is 40.4 Å². The van der Waals surface area contributed by atoms with Crippen molar-refractivity contribution in [1.82, 2.24) is 4.98 Å². The molecule has 0 spiro atoms. The predicted molar refractivity (Wildman–Crippen MR) is 80.0 cm³/mol. The lowest BCUT2D eigenvalue weighted by atomic mass is 10.1. The summed E-state index contributed by atoms with van der Waals surface area (Å²) in [4.78, 5) is 14.9. The molecule has 0 saturated heterocycles. The minimum atomic E-state index is -1.13. The Bertz CT molecular complexity index is 830. The zero-order chi connectivity index (χ0) is 15.7. The van der Waals surface area contributed by atoms with Gasteiger partial charge in [-0.2, -0.15) is 4.98 Å². The number of oxazole rings is 1. The number of nitrogens with one attached hydrogen (secondary N) is 1. The second-order valence-electron chi connectivity index (χ2n) is 4.61. The van der Waals surface area contributed by atoms with Gasteiger partial charge in [-0.25, -0.2) is 4.39 Å². The van der Waals surface area contributed by atoms with Crippen molar-refractivity contribution in [3.63, 3.8) is 0 Å². The molecule has 5 nitrogen and oxygen atoms in total. The molecule has 3 aromatic rings. The maximum Gasteiger partial charge on any atom is 0.307 e. The van der Waals surface area contributed by atoms with E-state index >= 15 is 0 Å². The number of carbonyl (C=O) groups is 1. The molecule has 3 rings (SSSR count). The van der Waals surface area contributed by atoms with E-state index in [9.17, 15) is 9.18 Å². The van der Waals surface area contributed by atoms with Crippen LogP contribution in [-0.4, -0.2) is 16.1 Å². The Morgan fingerprint density at radius 3 is 2.86 bits per heavy atom. The SMILES string of the molecule is O=C(O)Cc1cc(Cl)c(Nc2nc3ccccc3o2)cc1F. The van der Waals surface area contributed by atoms with Gasteiger partial charge in [0.25, 0.3) is 6.01 Å². The summed E-state index contributed by atoms with van der Waals surface area (Å²) in [7, 11) is 0. The molecule has 2 N–H and O–H groups in total. The maximum absolute atomic E-state index is 13.9. The molecule has 0 bridgehead atoms. The number of carboxylic acid groups (broad SMARTS) is 1. The van der Waals surface area contributed by atoms with Crippen molar-refractivity contribution in [2.75, 3.05) is 5.32 Å². The number of carboxylic acids is 1. The number of rotatable bonds is 4. The molecule has 1 heterocycles. The van der Waals surface area contributed by atoms with E-state index in [0.29, 0.717) is 11.1 Å². The zero-order valence-corrected chi connectivity index (χ0v) is 11.9. The van der Waals surface area contributed by atoms with Crippen molar-refractivity contribution in [3.8, 4) is 0 Å². The van der Waals surface area contributed by atoms with Crippen LogP contribution >= 0.6 is 11.6 Å². The summed E-state index contributed by atoms with van der Waals surface area (Å²) in [6.07, 6.45) is -0.436. The number of halogens is 2. The predicted octanol–water partition coefficient (Wildman–Crippen LogP) is 3.99. The Hall–Kier alpha value is -2.60. The van der Waals surface area contributed by atoms with E-state index in [1.807, 2.05) is 12.1 Å². The standard InChI is InChI=1S/C15H10ClFN2O3/c16-9-5-8(6-14(20)21)10(17)7-12(9)19-15-18-11-3-1-2-4-13(11)22-15/h1-5,7H,6H2,(H,18,19)(H,20,21). The Morgan fingerprint density at radius 1 is 1.36 bits per heavy atom. The topological polar surface area (TPSA) is 75.4 Å². The van der Waals surface area contributed by atoms with Gasteiger partial charge in [0.15, 0.2) is 5.58 Å². The first-order valence-corrected chi connectivity index (χ1v) is 6.73. The highest BCUT2D eigenvalue weighted by atomic mass is 35.5. The third kappa shape index (κ3) is 2.87. The number of nitrogens with zero attached hydrogens (tertiary/aromatic N) is 1. The summed E-state index contributed by atoms with van der Waals surface area (Å²) in [6, 6.07) is 9.74. The molecule has 0 saturated carbocycles. The van der Waals surface area contributed by atoms with Gasteiger partial charge in [0, 0.05) is 5.56 Å². The van der Waals surface area contributed by atoms with E-state index in [2.05, 4.69) is 10.3 Å². The van der Waals surface area contributed by atoms with Crippen LogP contribution in [0.5, 0.6) is 0 Å². The van der Waals surface area contributed by atoms with E-state index in [1.54, 1.807) is 12.1 Å². The fourth-order valence-corrected chi connectivity index (χ4v) is 2.26. The van der Waals surface area contributed by atoms with Crippen molar-refractivity contribution in [2.45, 2.75) is 6.42 Å². The van der Waals surface area contributed by atoms with Gasteiger partial charge in [-0.05, 0) is 24.3 Å². The smallest absolute Gasteiger partial charge is 0.307 e. The second-order valence-corrected chi connectivity index (χ2v) is 5.01. The number of fused-ring (bicyclic) bond motifs is 1. The summed E-state index contributed by atoms with van der Waals surface area (Å²) in [6.45, 7) is 0. The molecular formula is C15H10ClFN2O3. The Labute approximate surface area is 129 Å². The molecule has 22 heavy (non-hydrogen) atoms. The molecule has 2 aromatic carbocycles. The molecule has 0 unspecified atom stereocenters. The Kier molecular flexibility index (Phi) is 3.68. The van der Waals surface area contributed by atoms with Crippen LogP contribution < -0.4 is 5.32 Å². The van der Waals surface area contributed by atoms with Gasteiger partial charge >= 0.3 is 5.97 Å². The van der Waals surface area contributed by atoms with Crippen LogP contribution in [0.4, 0.5) is 16.1 Å². The molecule has 0 aliphatic heterocycles. The van der Waals surface area contributed by atoms with E-state index in [1.165, 1.54) is 6.07 Å². The van der Waals surface area contributed by atoms with Gasteiger partial charge in [-0.3, -0.25) is 4.79 Å². The molecule has 0 radical (unpaired) electrons. The highest BCUT2D eigenvalue weighted by Gasteiger charge is 2.13. The van der Waals surface area contributed by atoms with Gasteiger partial charge in [0.1, 0.15) is 11.3 Å². The van der Waals surface area contributed by atoms with Crippen LogP contribution in [-0.2, 0) is 11.2 Å². The number of benzene rings is 2. The normalized spacial score (nSPS) is 10.8. The minimum Gasteiger partial charge on any atom is -0.481 e. The largest absolute Gasteiger partial charge is 0.481 e. The highest BCUT2D eigenvalue weighted by Crippen LogP contribution is 2.29. The Balaban J connectivity index is 1.91. The first kappa shape index (κ1) is 14.3. The van der Waals surface area contributed by atoms with E-state index in [0.717, 1.165) is 6.07 Å². The van der Waals surface area contributed by atoms with Gasteiger partial charge in [-0.15, -0.1) is 0 Å². The third-order valence-electron chi connectivity index (χ3n) is 3.01. The quantitative estimate of drug-likeness (QED) is 0.760. The van der Waals surface area contributed by atoms with Crippen LogP contribution in [0.2, 0.25) is 5.02 Å². The van der Waals surface area contributed by atoms with Crippen molar-refractivity contribution < 1.29 is 18.7 Å². The third-order valence-corrected chi connectivity index (χ3v) is 3.33. The molecule has 0 fully saturated rings. The maximum atomic E-state index is 13.9. The molecular weight excluding hydrogens is 311 g/mol. The van der Waals surface area contributed by atoms with Crippen molar-refractivity contribution in [1.29, 1.82) is 0 Å². The van der Waals surface area contributed by atoms with E-state index in [-0.39, 0.29) is 22.3 Å². The second kappa shape index (κ2) is 5.65. The monoisotopic (exact) mass is 320 g/mol. The summed E-state index contributed by atoms with van der Waals surface area (Å²) in [5.74, 6) is -1.79. The molecule has 112 valence electrons. The Morgan fingerprint density at radius 2 is 2.14 bits per heavy atom.